The van der Waals surface area contributed by atoms with Crippen molar-refractivity contribution >= 4 is 0 Å². The van der Waals surface area contributed by atoms with Gasteiger partial charge < -0.3 is 0 Å². The summed E-state index contributed by atoms with van der Waals surface area (Å²) >= 11 is 0. The second-order valence-electron chi connectivity index (χ2n) is 2.88. The van der Waals surface area contributed by atoms with E-state index < -0.39 is 0 Å². The zero-order chi connectivity index (χ0) is 4.91. The molecule has 7 heavy (non-hydrogen) atoms. The molecule has 0 aliphatic heterocycles. The van der Waals surface area contributed by atoms with Crippen molar-refractivity contribution in [3.05, 3.63) is 12.2 Å². The fourth-order valence-electron chi connectivity index (χ4n) is 1.41. The molecule has 0 bridgehead atoms. The van der Waals surface area contributed by atoms with Crippen LogP contribution in [0.15, 0.2) is 12.2 Å². The van der Waals surface area contributed by atoms with Gasteiger partial charge in [0.25, 0.3) is 0 Å². The lowest BCUT2D eigenvalue weighted by atomic mass is 9.77. The average Bonchev–Trinajstić information content (AvgIpc) is 2.40. The lowest BCUT2D eigenvalue weighted by Gasteiger charge is -2.28. The van der Waals surface area contributed by atoms with Gasteiger partial charge in [-0.25, -0.2) is 0 Å². The van der Waals surface area contributed by atoms with Crippen LogP contribution in [-0.2, 0) is 0 Å². The average molecular weight is 94.2 g/mol. The molecule has 0 nitrogen and oxygen atoms in total. The molecular formula is C7H10. The zero-order valence-electron chi connectivity index (χ0n) is 4.54. The van der Waals surface area contributed by atoms with E-state index in [-0.39, 0.29) is 0 Å². The Balaban J connectivity index is 2.23. The van der Waals surface area contributed by atoms with E-state index in [1.165, 1.54) is 31.3 Å². The van der Waals surface area contributed by atoms with Crippen molar-refractivity contribution in [3.63, 3.8) is 0 Å². The van der Waals surface area contributed by atoms with E-state index in [1.54, 1.807) is 0 Å². The minimum atomic E-state index is 0.736. The van der Waals surface area contributed by atoms with E-state index in [1.807, 2.05) is 0 Å². The Kier molecular flexibility index (Phi) is 0.421. The van der Waals surface area contributed by atoms with E-state index in [2.05, 4.69) is 6.58 Å². The van der Waals surface area contributed by atoms with Crippen LogP contribution < -0.4 is 0 Å². The highest BCUT2D eigenvalue weighted by molar-refractivity contribution is 5.26. The summed E-state index contributed by atoms with van der Waals surface area (Å²) in [6.07, 6.45) is 5.67. The molecule has 2 saturated carbocycles. The van der Waals surface area contributed by atoms with Crippen LogP contribution in [0.3, 0.4) is 0 Å². The van der Waals surface area contributed by atoms with Crippen molar-refractivity contribution in [1.29, 1.82) is 0 Å². The Morgan fingerprint density at radius 2 is 2.00 bits per heavy atom. The van der Waals surface area contributed by atoms with Gasteiger partial charge in [-0.1, -0.05) is 12.2 Å². The third kappa shape index (κ3) is 0.287. The van der Waals surface area contributed by atoms with Crippen molar-refractivity contribution in [2.45, 2.75) is 25.7 Å². The molecule has 0 heterocycles. The van der Waals surface area contributed by atoms with Crippen LogP contribution in [0, 0.1) is 5.41 Å². The van der Waals surface area contributed by atoms with Crippen LogP contribution in [0.4, 0.5) is 0 Å². The number of rotatable bonds is 0. The third-order valence-corrected chi connectivity index (χ3v) is 2.51. The maximum Gasteiger partial charge on any atom is -0.00871 e. The highest BCUT2D eigenvalue weighted by atomic mass is 14.5. The highest BCUT2D eigenvalue weighted by Gasteiger charge is 2.50. The fourth-order valence-corrected chi connectivity index (χ4v) is 1.41. The second kappa shape index (κ2) is 0.795. The van der Waals surface area contributed by atoms with Crippen LogP contribution in [0.1, 0.15) is 25.7 Å². The molecule has 0 atom stereocenters. The quantitative estimate of drug-likeness (QED) is 0.403. The molecule has 0 heteroatoms. The third-order valence-electron chi connectivity index (χ3n) is 2.51. The standard InChI is InChI=1S/C7H10/c1-6-2-3-7(6)4-5-7/h1-5H2. The minimum Gasteiger partial charge on any atom is -0.0993 e. The Morgan fingerprint density at radius 1 is 1.29 bits per heavy atom. The highest BCUT2D eigenvalue weighted by Crippen LogP contribution is 2.63. The number of hydrogen-bond donors (Lipinski definition) is 0. The van der Waals surface area contributed by atoms with Gasteiger partial charge in [0.1, 0.15) is 0 Å². The molecular weight excluding hydrogens is 84.1 g/mol. The molecule has 0 N–H and O–H groups in total. The van der Waals surface area contributed by atoms with Gasteiger partial charge >= 0.3 is 0 Å². The summed E-state index contributed by atoms with van der Waals surface area (Å²) in [5, 5.41) is 0. The van der Waals surface area contributed by atoms with Crippen LogP contribution in [0.5, 0.6) is 0 Å². The molecule has 38 valence electrons. The first-order valence-corrected chi connectivity index (χ1v) is 3.02. The van der Waals surface area contributed by atoms with Gasteiger partial charge in [0, 0.05) is 0 Å². The molecule has 0 aromatic carbocycles. The van der Waals surface area contributed by atoms with Gasteiger partial charge in [-0.3, -0.25) is 0 Å². The Bertz CT molecular complexity index is 118. The van der Waals surface area contributed by atoms with Crippen molar-refractivity contribution in [1.82, 2.24) is 0 Å². The maximum absolute atomic E-state index is 3.98. The van der Waals surface area contributed by atoms with Crippen LogP contribution >= 0.6 is 0 Å². The zero-order valence-corrected chi connectivity index (χ0v) is 4.54. The first-order valence-electron chi connectivity index (χ1n) is 3.02. The largest absolute Gasteiger partial charge is 0.0993 e. The monoisotopic (exact) mass is 94.1 g/mol. The van der Waals surface area contributed by atoms with Gasteiger partial charge in [-0.15, -0.1) is 0 Å². The molecule has 2 aliphatic rings. The van der Waals surface area contributed by atoms with Gasteiger partial charge in [0.05, 0.1) is 0 Å². The molecule has 0 amide bonds. The van der Waals surface area contributed by atoms with E-state index in [9.17, 15) is 0 Å². The fraction of sp³-hybridized carbons (Fsp3) is 0.714. The molecule has 2 rings (SSSR count). The van der Waals surface area contributed by atoms with Crippen LogP contribution in [-0.4, -0.2) is 0 Å². The van der Waals surface area contributed by atoms with E-state index in [0.717, 1.165) is 5.41 Å². The smallest absolute Gasteiger partial charge is 0.00871 e. The Hall–Kier alpha value is -0.260. The maximum atomic E-state index is 3.98. The predicted octanol–water partition coefficient (Wildman–Crippen LogP) is 2.12. The lowest BCUT2D eigenvalue weighted by Crippen LogP contribution is -2.14. The molecule has 0 radical (unpaired) electrons. The van der Waals surface area contributed by atoms with E-state index in [0.29, 0.717) is 0 Å². The summed E-state index contributed by atoms with van der Waals surface area (Å²) < 4.78 is 0. The van der Waals surface area contributed by atoms with Crippen molar-refractivity contribution in [2.75, 3.05) is 0 Å². The van der Waals surface area contributed by atoms with Gasteiger partial charge in [0.15, 0.2) is 0 Å². The van der Waals surface area contributed by atoms with Crippen LogP contribution in [0.2, 0.25) is 0 Å². The summed E-state index contributed by atoms with van der Waals surface area (Å²) in [5.41, 5.74) is 2.27. The lowest BCUT2D eigenvalue weighted by molar-refractivity contribution is 0.425. The topological polar surface area (TPSA) is 0 Å². The molecule has 0 aromatic rings. The number of allylic oxidation sites excluding steroid dienone is 1. The Labute approximate surface area is 44.2 Å². The van der Waals surface area contributed by atoms with Crippen LogP contribution in [0.25, 0.3) is 0 Å². The summed E-state index contributed by atoms with van der Waals surface area (Å²) in [5.74, 6) is 0. The molecule has 2 fully saturated rings. The normalized spacial score (nSPS) is 32.9. The van der Waals surface area contributed by atoms with Crippen molar-refractivity contribution in [2.24, 2.45) is 5.41 Å². The second-order valence-corrected chi connectivity index (χ2v) is 2.88. The summed E-state index contributed by atoms with van der Waals surface area (Å²) in [6.45, 7) is 3.98. The molecule has 1 spiro atoms. The summed E-state index contributed by atoms with van der Waals surface area (Å²) in [7, 11) is 0. The number of hydrogen-bond acceptors (Lipinski definition) is 0. The molecule has 0 unspecified atom stereocenters. The predicted molar refractivity (Wildman–Crippen MR) is 30.0 cm³/mol. The molecule has 0 aromatic heterocycles. The van der Waals surface area contributed by atoms with Gasteiger partial charge in [-0.2, -0.15) is 0 Å². The SMILES string of the molecule is C=C1CCC12CC2. The molecule has 0 saturated heterocycles. The summed E-state index contributed by atoms with van der Waals surface area (Å²) in [6, 6.07) is 0. The minimum absolute atomic E-state index is 0.736. The van der Waals surface area contributed by atoms with Gasteiger partial charge in [0.2, 0.25) is 0 Å². The van der Waals surface area contributed by atoms with Crippen molar-refractivity contribution in [3.8, 4) is 0 Å². The van der Waals surface area contributed by atoms with Gasteiger partial charge in [-0.05, 0) is 31.1 Å². The Morgan fingerprint density at radius 3 is 2.00 bits per heavy atom. The van der Waals surface area contributed by atoms with E-state index >= 15 is 0 Å². The molecule has 2 aliphatic carbocycles. The first kappa shape index (κ1) is 3.71. The summed E-state index contributed by atoms with van der Waals surface area (Å²) in [4.78, 5) is 0. The van der Waals surface area contributed by atoms with Crippen molar-refractivity contribution < 1.29 is 0 Å². The first-order chi connectivity index (χ1) is 3.33. The van der Waals surface area contributed by atoms with E-state index in [4.69, 9.17) is 0 Å².